The first-order chi connectivity index (χ1) is 29.2. The highest BCUT2D eigenvalue weighted by Crippen LogP contribution is 2.51. The number of aromatic nitrogens is 3. The van der Waals surface area contributed by atoms with Crippen molar-refractivity contribution < 1.29 is 0 Å². The molecule has 3 nitrogen and oxygen atoms in total. The molecule has 0 aliphatic carbocycles. The van der Waals surface area contributed by atoms with Crippen LogP contribution in [0.15, 0.2) is 212 Å². The highest BCUT2D eigenvalue weighted by Gasteiger charge is 2.24. The van der Waals surface area contributed by atoms with Crippen LogP contribution in [0.2, 0.25) is 0 Å². The molecule has 3 heterocycles. The minimum absolute atomic E-state index is 0.713. The Balaban J connectivity index is 1.03. The smallest absolute Gasteiger partial charge is 0.160 e. The Bertz CT molecular complexity index is 3220. The van der Waals surface area contributed by atoms with Gasteiger partial charge in [0, 0.05) is 48.2 Å². The van der Waals surface area contributed by atoms with E-state index in [-0.39, 0.29) is 0 Å². The maximum atomic E-state index is 5.37. The van der Waals surface area contributed by atoms with E-state index in [1.807, 2.05) is 47.7 Å². The number of para-hydroxylation sites is 1. The number of nitrogens with zero attached hydrogens (tertiary/aromatic N) is 3. The monoisotopic (exact) mass is 769 g/mol. The third-order valence-electron chi connectivity index (χ3n) is 11.1. The Hall–Kier alpha value is -7.53. The van der Waals surface area contributed by atoms with E-state index in [9.17, 15) is 0 Å². The molecule has 0 unspecified atom stereocenters. The maximum Gasteiger partial charge on any atom is 0.160 e. The molecule has 8 aromatic carbocycles. The van der Waals surface area contributed by atoms with Crippen LogP contribution in [0.3, 0.4) is 0 Å². The average molecular weight is 770 g/mol. The maximum absolute atomic E-state index is 5.37. The molecule has 0 radical (unpaired) electrons. The summed E-state index contributed by atoms with van der Waals surface area (Å²) in [4.78, 5) is 16.6. The molecule has 0 atom stereocenters. The first-order valence-corrected chi connectivity index (χ1v) is 20.7. The van der Waals surface area contributed by atoms with Gasteiger partial charge in [-0.25, -0.2) is 15.0 Å². The van der Waals surface area contributed by atoms with Gasteiger partial charge in [0.25, 0.3) is 0 Å². The fourth-order valence-electron chi connectivity index (χ4n) is 8.21. The van der Waals surface area contributed by atoms with E-state index in [1.165, 1.54) is 47.8 Å². The van der Waals surface area contributed by atoms with Crippen molar-refractivity contribution in [1.82, 2.24) is 15.0 Å². The van der Waals surface area contributed by atoms with Gasteiger partial charge in [-0.15, -0.1) is 11.3 Å². The number of pyridine rings is 1. The number of hydrogen-bond donors (Lipinski definition) is 0. The minimum Gasteiger partial charge on any atom is -0.247 e. The van der Waals surface area contributed by atoms with Gasteiger partial charge in [-0.3, -0.25) is 0 Å². The Morgan fingerprint density at radius 3 is 1.54 bits per heavy atom. The van der Waals surface area contributed by atoms with E-state index in [2.05, 4.69) is 176 Å². The third kappa shape index (κ3) is 6.37. The van der Waals surface area contributed by atoms with Crippen LogP contribution >= 0.6 is 11.3 Å². The quantitative estimate of drug-likeness (QED) is 0.162. The van der Waals surface area contributed by atoms with Crippen molar-refractivity contribution in [2.45, 2.75) is 0 Å². The van der Waals surface area contributed by atoms with Crippen molar-refractivity contribution in [1.29, 1.82) is 0 Å². The van der Waals surface area contributed by atoms with Crippen LogP contribution in [0.1, 0.15) is 0 Å². The summed E-state index contributed by atoms with van der Waals surface area (Å²) in [6.07, 6.45) is 0. The van der Waals surface area contributed by atoms with Gasteiger partial charge in [-0.1, -0.05) is 200 Å². The molecule has 0 fully saturated rings. The molecule has 3 aromatic heterocycles. The number of hydrogen-bond acceptors (Lipinski definition) is 4. The summed E-state index contributed by atoms with van der Waals surface area (Å²) in [6.45, 7) is 0. The molecular formula is C55H35N3S. The minimum atomic E-state index is 0.713. The SMILES string of the molecule is c1ccc(-c2cc(-c3ccc(-c4ccc(-c5sc6c(c(-c7ccccc7)nc7ccccc76)c5-c5cccc6ccccc56)cc4)cc3)nc(-c3ccccc3)n2)cc1. The van der Waals surface area contributed by atoms with Crippen LogP contribution in [-0.2, 0) is 0 Å². The number of benzene rings is 8. The number of rotatable bonds is 7. The number of thiophene rings is 1. The molecule has 0 aliphatic heterocycles. The lowest BCUT2D eigenvalue weighted by atomic mass is 9.91. The molecule has 0 spiro atoms. The first-order valence-electron chi connectivity index (χ1n) is 19.9. The van der Waals surface area contributed by atoms with Crippen LogP contribution in [0.5, 0.6) is 0 Å². The molecule has 0 saturated heterocycles. The summed E-state index contributed by atoms with van der Waals surface area (Å²) in [5.74, 6) is 0.713. The zero-order valence-electron chi connectivity index (χ0n) is 32.0. The highest BCUT2D eigenvalue weighted by atomic mass is 32.1. The number of fused-ring (bicyclic) bond motifs is 4. The molecular weight excluding hydrogens is 735 g/mol. The van der Waals surface area contributed by atoms with Gasteiger partial charge >= 0.3 is 0 Å². The van der Waals surface area contributed by atoms with Crippen LogP contribution in [0, 0.1) is 0 Å². The summed E-state index contributed by atoms with van der Waals surface area (Å²) in [6, 6.07) is 74.9. The fourth-order valence-corrected chi connectivity index (χ4v) is 9.57. The summed E-state index contributed by atoms with van der Waals surface area (Å²) >= 11 is 1.87. The molecule has 59 heavy (non-hydrogen) atoms. The van der Waals surface area contributed by atoms with Crippen molar-refractivity contribution >= 4 is 43.1 Å². The van der Waals surface area contributed by atoms with Gasteiger partial charge in [0.2, 0.25) is 0 Å². The molecule has 0 N–H and O–H groups in total. The molecule has 11 aromatic rings. The van der Waals surface area contributed by atoms with E-state index < -0.39 is 0 Å². The van der Waals surface area contributed by atoms with Gasteiger partial charge in [-0.05, 0) is 45.2 Å². The first kappa shape index (κ1) is 34.7. The molecule has 11 rings (SSSR count). The molecule has 0 bridgehead atoms. The normalized spacial score (nSPS) is 11.4. The van der Waals surface area contributed by atoms with Crippen molar-refractivity contribution in [3.8, 4) is 77.9 Å². The average Bonchev–Trinajstić information content (AvgIpc) is 3.73. The van der Waals surface area contributed by atoms with Crippen LogP contribution in [0.4, 0.5) is 0 Å². The third-order valence-corrected chi connectivity index (χ3v) is 12.4. The fraction of sp³-hybridized carbons (Fsp3) is 0. The zero-order valence-corrected chi connectivity index (χ0v) is 32.8. The van der Waals surface area contributed by atoms with Gasteiger partial charge in [0.05, 0.1) is 22.6 Å². The summed E-state index contributed by atoms with van der Waals surface area (Å²) < 4.78 is 1.25. The van der Waals surface area contributed by atoms with Crippen LogP contribution in [-0.4, -0.2) is 15.0 Å². The summed E-state index contributed by atoms with van der Waals surface area (Å²) in [5, 5.41) is 4.82. The Kier molecular flexibility index (Phi) is 8.68. The largest absolute Gasteiger partial charge is 0.247 e. The second kappa shape index (κ2) is 14.8. The van der Waals surface area contributed by atoms with Gasteiger partial charge in [0.15, 0.2) is 5.82 Å². The van der Waals surface area contributed by atoms with Gasteiger partial charge in [-0.2, -0.15) is 0 Å². The van der Waals surface area contributed by atoms with Crippen LogP contribution in [0.25, 0.3) is 110 Å². The summed E-state index contributed by atoms with van der Waals surface area (Å²) in [7, 11) is 0. The molecule has 0 aliphatic rings. The van der Waals surface area contributed by atoms with Crippen LogP contribution < -0.4 is 0 Å². The van der Waals surface area contributed by atoms with Crippen molar-refractivity contribution in [2.24, 2.45) is 0 Å². The lowest BCUT2D eigenvalue weighted by molar-refractivity contribution is 1.18. The molecule has 0 amide bonds. The zero-order chi connectivity index (χ0) is 39.1. The Morgan fingerprint density at radius 1 is 0.356 bits per heavy atom. The van der Waals surface area contributed by atoms with E-state index in [1.54, 1.807) is 0 Å². The highest BCUT2D eigenvalue weighted by molar-refractivity contribution is 7.24. The lowest BCUT2D eigenvalue weighted by Gasteiger charge is -2.13. The van der Waals surface area contributed by atoms with E-state index in [0.717, 1.165) is 56.0 Å². The van der Waals surface area contributed by atoms with Crippen molar-refractivity contribution in [3.63, 3.8) is 0 Å². The topological polar surface area (TPSA) is 38.7 Å². The van der Waals surface area contributed by atoms with Gasteiger partial charge in [0.1, 0.15) is 0 Å². The van der Waals surface area contributed by atoms with E-state index in [0.29, 0.717) is 5.82 Å². The van der Waals surface area contributed by atoms with Crippen molar-refractivity contribution in [3.05, 3.63) is 212 Å². The second-order valence-electron chi connectivity index (χ2n) is 14.7. The second-order valence-corrected chi connectivity index (χ2v) is 15.8. The molecule has 4 heteroatoms. The lowest BCUT2D eigenvalue weighted by Crippen LogP contribution is -1.95. The van der Waals surface area contributed by atoms with Crippen molar-refractivity contribution in [2.75, 3.05) is 0 Å². The van der Waals surface area contributed by atoms with Gasteiger partial charge < -0.3 is 0 Å². The molecule has 0 saturated carbocycles. The molecule has 276 valence electrons. The Morgan fingerprint density at radius 2 is 0.864 bits per heavy atom. The predicted molar refractivity (Wildman–Crippen MR) is 248 cm³/mol. The van der Waals surface area contributed by atoms with E-state index in [4.69, 9.17) is 15.0 Å². The van der Waals surface area contributed by atoms with E-state index >= 15 is 0 Å². The standard InChI is InChI=1S/C55H35N3S/c1-4-16-39(17-5-1)48-35-49(58-55(57-48)43-20-8-3-9-21-43)40-31-27-36(28-32-40)37-29-33-42(34-30-37)53-50(45-25-14-22-38-15-10-11-23-44(38)45)51-52(41-18-6-2-7-19-41)56-47-26-13-12-24-46(47)54(51)59-53/h1-35H. The predicted octanol–water partition coefficient (Wildman–Crippen LogP) is 15.1. The Labute approximate surface area is 346 Å². The summed E-state index contributed by atoms with van der Waals surface area (Å²) in [5.41, 5.74) is 13.9.